The molecule has 15 heavy (non-hydrogen) atoms. The smallest absolute Gasteiger partial charge is 0.101 e. The van der Waals surface area contributed by atoms with E-state index in [2.05, 4.69) is 38.2 Å². The molecule has 2 rings (SSSR count). The summed E-state index contributed by atoms with van der Waals surface area (Å²) in [4.78, 5) is 0. The Balaban J connectivity index is 2.26. The predicted octanol–water partition coefficient (Wildman–Crippen LogP) is 3.55. The summed E-state index contributed by atoms with van der Waals surface area (Å²) in [5.74, 6) is 0. The lowest BCUT2D eigenvalue weighted by atomic mass is 9.95. The lowest BCUT2D eigenvalue weighted by Crippen LogP contribution is -2.17. The Bertz CT molecular complexity index is 344. The van der Waals surface area contributed by atoms with Crippen molar-refractivity contribution in [3.63, 3.8) is 0 Å². The van der Waals surface area contributed by atoms with Gasteiger partial charge in [0.25, 0.3) is 0 Å². The number of ether oxygens (including phenoxy) is 1. The van der Waals surface area contributed by atoms with Crippen molar-refractivity contribution in [2.45, 2.75) is 32.8 Å². The zero-order valence-corrected chi connectivity index (χ0v) is 9.71. The normalized spacial score (nSPS) is 20.3. The highest BCUT2D eigenvalue weighted by atomic mass is 16.5. The fraction of sp³-hybridized carbons (Fsp3) is 0.429. The van der Waals surface area contributed by atoms with Crippen LogP contribution in [0.5, 0.6) is 0 Å². The van der Waals surface area contributed by atoms with Gasteiger partial charge < -0.3 is 4.74 Å². The summed E-state index contributed by atoms with van der Waals surface area (Å²) in [6, 6.07) is 0. The van der Waals surface area contributed by atoms with Crippen molar-refractivity contribution < 1.29 is 4.74 Å². The molecule has 1 heteroatoms. The molecule has 0 spiro atoms. The Hall–Kier alpha value is -1.08. The molecule has 0 unspecified atom stereocenters. The fourth-order valence-corrected chi connectivity index (χ4v) is 2.38. The Morgan fingerprint density at radius 1 is 1.00 bits per heavy atom. The molecule has 2 aliphatic rings. The van der Waals surface area contributed by atoms with Crippen molar-refractivity contribution in [2.75, 3.05) is 7.11 Å². The van der Waals surface area contributed by atoms with Gasteiger partial charge in [-0.25, -0.2) is 0 Å². The highest BCUT2D eigenvalue weighted by Crippen LogP contribution is 2.32. The second kappa shape index (κ2) is 4.19. The molecular weight excluding hydrogens is 184 g/mol. The molecule has 1 nitrogen and oxygen atoms in total. The second-order valence-electron chi connectivity index (χ2n) is 4.25. The van der Waals surface area contributed by atoms with E-state index in [9.17, 15) is 0 Å². The summed E-state index contributed by atoms with van der Waals surface area (Å²) >= 11 is 0. The van der Waals surface area contributed by atoms with E-state index in [1.165, 1.54) is 22.3 Å². The molecule has 0 radical (unpaired) electrons. The first kappa shape index (κ1) is 10.4. The molecule has 0 atom stereocenters. The highest BCUT2D eigenvalue weighted by molar-refractivity contribution is 5.44. The summed E-state index contributed by atoms with van der Waals surface area (Å²) in [5.41, 5.74) is 5.59. The van der Waals surface area contributed by atoms with Crippen LogP contribution >= 0.6 is 0 Å². The minimum absolute atomic E-state index is 0.190. The number of allylic oxidation sites excluding steroid dienone is 6. The van der Waals surface area contributed by atoms with Gasteiger partial charge in [-0.3, -0.25) is 0 Å². The van der Waals surface area contributed by atoms with Crippen LogP contribution in [0, 0.1) is 0 Å². The van der Waals surface area contributed by atoms with Crippen molar-refractivity contribution in [3.05, 3.63) is 46.6 Å². The van der Waals surface area contributed by atoms with Crippen molar-refractivity contribution in [1.82, 2.24) is 0 Å². The van der Waals surface area contributed by atoms with Gasteiger partial charge in [-0.05, 0) is 49.0 Å². The maximum atomic E-state index is 5.66. The van der Waals surface area contributed by atoms with Gasteiger partial charge in [0.1, 0.15) is 6.10 Å². The Kier molecular flexibility index (Phi) is 2.92. The van der Waals surface area contributed by atoms with E-state index < -0.39 is 0 Å². The number of hydrogen-bond donors (Lipinski definition) is 0. The minimum atomic E-state index is 0.190. The minimum Gasteiger partial charge on any atom is -0.373 e. The molecule has 0 heterocycles. The van der Waals surface area contributed by atoms with E-state index in [0.717, 1.165) is 12.8 Å². The van der Waals surface area contributed by atoms with Crippen LogP contribution in [0.2, 0.25) is 0 Å². The summed E-state index contributed by atoms with van der Waals surface area (Å²) < 4.78 is 5.66. The molecule has 0 bridgehead atoms. The van der Waals surface area contributed by atoms with Gasteiger partial charge in [0.05, 0.1) is 0 Å². The van der Waals surface area contributed by atoms with Crippen LogP contribution < -0.4 is 0 Å². The monoisotopic (exact) mass is 202 g/mol. The third-order valence-corrected chi connectivity index (χ3v) is 3.29. The first-order chi connectivity index (χ1) is 7.24. The average molecular weight is 202 g/mol. The quantitative estimate of drug-likeness (QED) is 0.680. The topological polar surface area (TPSA) is 9.23 Å². The van der Waals surface area contributed by atoms with Gasteiger partial charge in [0.2, 0.25) is 0 Å². The van der Waals surface area contributed by atoms with Crippen LogP contribution in [0.3, 0.4) is 0 Å². The van der Waals surface area contributed by atoms with Gasteiger partial charge >= 0.3 is 0 Å². The highest BCUT2D eigenvalue weighted by Gasteiger charge is 2.23. The molecule has 80 valence electrons. The maximum Gasteiger partial charge on any atom is 0.101 e. The molecule has 0 aromatic heterocycles. The van der Waals surface area contributed by atoms with Crippen molar-refractivity contribution in [1.29, 1.82) is 0 Å². The van der Waals surface area contributed by atoms with Crippen molar-refractivity contribution in [2.24, 2.45) is 0 Å². The molecular formula is C14H18O. The second-order valence-corrected chi connectivity index (χ2v) is 4.25. The third-order valence-electron chi connectivity index (χ3n) is 3.29. The predicted molar refractivity (Wildman–Crippen MR) is 63.7 cm³/mol. The first-order valence-corrected chi connectivity index (χ1v) is 5.49. The largest absolute Gasteiger partial charge is 0.373 e. The fourth-order valence-electron chi connectivity index (χ4n) is 2.38. The lowest BCUT2D eigenvalue weighted by Gasteiger charge is -2.20. The molecule has 0 aromatic rings. The SMILES string of the molecule is COC(C1=C(C)C=CC1)C1=C(C)C=CC1. The van der Waals surface area contributed by atoms with Gasteiger partial charge in [-0.2, -0.15) is 0 Å². The Morgan fingerprint density at radius 3 is 1.73 bits per heavy atom. The van der Waals surface area contributed by atoms with E-state index in [-0.39, 0.29) is 6.10 Å². The molecule has 0 amide bonds. The first-order valence-electron chi connectivity index (χ1n) is 5.49. The maximum absolute atomic E-state index is 5.66. The van der Waals surface area contributed by atoms with Crippen LogP contribution in [0.4, 0.5) is 0 Å². The molecule has 2 aliphatic carbocycles. The van der Waals surface area contributed by atoms with Gasteiger partial charge in [0, 0.05) is 7.11 Å². The third kappa shape index (κ3) is 1.84. The lowest BCUT2D eigenvalue weighted by molar-refractivity contribution is 0.155. The zero-order valence-electron chi connectivity index (χ0n) is 9.71. The summed E-state index contributed by atoms with van der Waals surface area (Å²) in [6.45, 7) is 4.34. The van der Waals surface area contributed by atoms with Crippen LogP contribution in [0.15, 0.2) is 46.6 Å². The van der Waals surface area contributed by atoms with Gasteiger partial charge in [-0.15, -0.1) is 0 Å². The molecule has 0 aromatic carbocycles. The summed E-state index contributed by atoms with van der Waals surface area (Å²) in [6.07, 6.45) is 11.1. The zero-order chi connectivity index (χ0) is 10.8. The molecule has 0 saturated carbocycles. The number of methoxy groups -OCH3 is 1. The van der Waals surface area contributed by atoms with E-state index in [0.29, 0.717) is 0 Å². The molecule has 0 N–H and O–H groups in total. The van der Waals surface area contributed by atoms with E-state index in [1.54, 1.807) is 0 Å². The molecule has 0 aliphatic heterocycles. The number of rotatable bonds is 3. The standard InChI is InChI=1S/C14H18O/c1-10-6-4-8-12(10)14(15-3)13-9-5-7-11(13)2/h4-7,14H,8-9H2,1-3H3. The van der Waals surface area contributed by atoms with Crippen LogP contribution in [0.25, 0.3) is 0 Å². The van der Waals surface area contributed by atoms with Crippen molar-refractivity contribution >= 4 is 0 Å². The van der Waals surface area contributed by atoms with Gasteiger partial charge in [-0.1, -0.05) is 24.3 Å². The summed E-state index contributed by atoms with van der Waals surface area (Å²) in [7, 11) is 1.81. The Labute approximate surface area is 91.8 Å². The molecule has 0 fully saturated rings. The van der Waals surface area contributed by atoms with Crippen LogP contribution in [0.1, 0.15) is 26.7 Å². The van der Waals surface area contributed by atoms with E-state index >= 15 is 0 Å². The Morgan fingerprint density at radius 2 is 1.47 bits per heavy atom. The number of hydrogen-bond acceptors (Lipinski definition) is 1. The molecule has 0 saturated heterocycles. The van der Waals surface area contributed by atoms with Crippen LogP contribution in [-0.2, 0) is 4.74 Å². The average Bonchev–Trinajstić information content (AvgIpc) is 2.80. The summed E-state index contributed by atoms with van der Waals surface area (Å²) in [5, 5.41) is 0. The van der Waals surface area contributed by atoms with Crippen molar-refractivity contribution in [3.8, 4) is 0 Å². The van der Waals surface area contributed by atoms with E-state index in [4.69, 9.17) is 4.74 Å². The van der Waals surface area contributed by atoms with Crippen LogP contribution in [-0.4, -0.2) is 13.2 Å². The van der Waals surface area contributed by atoms with Gasteiger partial charge in [0.15, 0.2) is 0 Å². The van der Waals surface area contributed by atoms with E-state index in [1.807, 2.05) is 7.11 Å².